The van der Waals surface area contributed by atoms with Crippen LogP contribution in [-0.2, 0) is 4.79 Å². The van der Waals surface area contributed by atoms with Gasteiger partial charge in [-0.1, -0.05) is 17.7 Å². The highest BCUT2D eigenvalue weighted by molar-refractivity contribution is 5.66. The van der Waals surface area contributed by atoms with Crippen molar-refractivity contribution in [3.63, 3.8) is 0 Å². The van der Waals surface area contributed by atoms with Crippen molar-refractivity contribution >= 4 is 5.97 Å². The topological polar surface area (TPSA) is 46.5 Å². The van der Waals surface area contributed by atoms with Gasteiger partial charge in [-0.2, -0.15) is 0 Å². The molecule has 1 aromatic rings. The fraction of sp³-hybridized carbons (Fsp3) is 0.462. The van der Waals surface area contributed by atoms with Crippen molar-refractivity contribution in [2.75, 3.05) is 6.61 Å². The van der Waals surface area contributed by atoms with Gasteiger partial charge >= 0.3 is 5.97 Å². The summed E-state index contributed by atoms with van der Waals surface area (Å²) in [5.41, 5.74) is 3.42. The van der Waals surface area contributed by atoms with E-state index in [1.54, 1.807) is 0 Å². The number of hydrogen-bond donors (Lipinski definition) is 1. The lowest BCUT2D eigenvalue weighted by Crippen LogP contribution is -2.04. The maximum Gasteiger partial charge on any atom is 0.303 e. The molecule has 0 bridgehead atoms. The van der Waals surface area contributed by atoms with Crippen molar-refractivity contribution in [1.82, 2.24) is 0 Å². The summed E-state index contributed by atoms with van der Waals surface area (Å²) in [6, 6.07) is 4.14. The zero-order valence-corrected chi connectivity index (χ0v) is 10.0. The number of benzene rings is 1. The van der Waals surface area contributed by atoms with Crippen LogP contribution in [0.3, 0.4) is 0 Å². The number of carboxylic acid groups (broad SMARTS) is 1. The van der Waals surface area contributed by atoms with E-state index in [9.17, 15) is 4.79 Å². The first-order valence-electron chi connectivity index (χ1n) is 5.43. The largest absolute Gasteiger partial charge is 0.493 e. The molecule has 0 heterocycles. The molecule has 0 saturated heterocycles. The van der Waals surface area contributed by atoms with Gasteiger partial charge in [-0.25, -0.2) is 0 Å². The van der Waals surface area contributed by atoms with E-state index in [-0.39, 0.29) is 6.42 Å². The fourth-order valence-electron chi connectivity index (χ4n) is 1.79. The molecular weight excluding hydrogens is 204 g/mol. The summed E-state index contributed by atoms with van der Waals surface area (Å²) in [6.45, 7) is 6.52. The second-order valence-corrected chi connectivity index (χ2v) is 4.07. The van der Waals surface area contributed by atoms with Gasteiger partial charge in [0, 0.05) is 6.42 Å². The number of carbonyl (C=O) groups is 1. The Morgan fingerprint density at radius 3 is 2.31 bits per heavy atom. The highest BCUT2D eigenvalue weighted by atomic mass is 16.5. The Kier molecular flexibility index (Phi) is 4.35. The van der Waals surface area contributed by atoms with Gasteiger partial charge in [-0.3, -0.25) is 4.79 Å². The maximum atomic E-state index is 10.3. The van der Waals surface area contributed by atoms with Gasteiger partial charge in [0.05, 0.1) is 6.61 Å². The summed E-state index contributed by atoms with van der Waals surface area (Å²) in [6.07, 6.45) is 0.700. The summed E-state index contributed by atoms with van der Waals surface area (Å²) in [5, 5.41) is 8.50. The summed E-state index contributed by atoms with van der Waals surface area (Å²) in [4.78, 5) is 10.3. The van der Waals surface area contributed by atoms with E-state index >= 15 is 0 Å². The predicted molar refractivity (Wildman–Crippen MR) is 63.0 cm³/mol. The summed E-state index contributed by atoms with van der Waals surface area (Å²) >= 11 is 0. The van der Waals surface area contributed by atoms with Crippen LogP contribution < -0.4 is 4.74 Å². The Labute approximate surface area is 96.1 Å². The SMILES string of the molecule is Cc1cc(C)c(OCCCC(=O)O)c(C)c1. The lowest BCUT2D eigenvalue weighted by molar-refractivity contribution is -0.137. The molecule has 1 aromatic carbocycles. The maximum absolute atomic E-state index is 10.3. The third-order valence-electron chi connectivity index (χ3n) is 2.39. The molecule has 0 atom stereocenters. The van der Waals surface area contributed by atoms with Crippen LogP contribution in [0, 0.1) is 20.8 Å². The average molecular weight is 222 g/mol. The number of hydrogen-bond acceptors (Lipinski definition) is 2. The van der Waals surface area contributed by atoms with Crippen molar-refractivity contribution in [2.24, 2.45) is 0 Å². The predicted octanol–water partition coefficient (Wildman–Crippen LogP) is 2.86. The normalized spacial score (nSPS) is 10.2. The molecule has 1 rings (SSSR count). The second kappa shape index (κ2) is 5.54. The van der Waals surface area contributed by atoms with Crippen LogP contribution in [0.4, 0.5) is 0 Å². The summed E-state index contributed by atoms with van der Waals surface area (Å²) in [7, 11) is 0. The zero-order chi connectivity index (χ0) is 12.1. The minimum Gasteiger partial charge on any atom is -0.493 e. The van der Waals surface area contributed by atoms with Crippen molar-refractivity contribution in [3.05, 3.63) is 28.8 Å². The van der Waals surface area contributed by atoms with E-state index < -0.39 is 5.97 Å². The number of ether oxygens (including phenoxy) is 1. The Hall–Kier alpha value is -1.51. The molecule has 0 amide bonds. The van der Waals surface area contributed by atoms with Crippen molar-refractivity contribution in [1.29, 1.82) is 0 Å². The number of carboxylic acids is 1. The van der Waals surface area contributed by atoms with Gasteiger partial charge in [0.2, 0.25) is 0 Å². The van der Waals surface area contributed by atoms with E-state index in [2.05, 4.69) is 12.1 Å². The van der Waals surface area contributed by atoms with Crippen LogP contribution in [0.5, 0.6) is 5.75 Å². The van der Waals surface area contributed by atoms with Gasteiger partial charge in [-0.05, 0) is 38.3 Å². The first-order chi connectivity index (χ1) is 7.50. The third kappa shape index (κ3) is 3.57. The van der Waals surface area contributed by atoms with Crippen LogP contribution in [0.25, 0.3) is 0 Å². The highest BCUT2D eigenvalue weighted by Crippen LogP contribution is 2.24. The lowest BCUT2D eigenvalue weighted by Gasteiger charge is -2.12. The number of aliphatic carboxylic acids is 1. The molecule has 0 unspecified atom stereocenters. The summed E-state index contributed by atoms with van der Waals surface area (Å²) < 4.78 is 5.61. The van der Waals surface area contributed by atoms with Gasteiger partial charge in [-0.15, -0.1) is 0 Å². The standard InChI is InChI=1S/C13H18O3/c1-9-7-10(2)13(11(3)8-9)16-6-4-5-12(14)15/h7-8H,4-6H2,1-3H3,(H,14,15). The molecule has 0 aromatic heterocycles. The van der Waals surface area contributed by atoms with Crippen LogP contribution in [-0.4, -0.2) is 17.7 Å². The zero-order valence-electron chi connectivity index (χ0n) is 10.0. The number of rotatable bonds is 5. The molecule has 88 valence electrons. The summed E-state index contributed by atoms with van der Waals surface area (Å²) in [5.74, 6) is 0.108. The van der Waals surface area contributed by atoms with E-state index in [1.165, 1.54) is 5.56 Å². The minimum atomic E-state index is -0.777. The third-order valence-corrected chi connectivity index (χ3v) is 2.39. The molecule has 3 nitrogen and oxygen atoms in total. The molecular formula is C13H18O3. The molecule has 0 spiro atoms. The van der Waals surface area contributed by atoms with E-state index in [4.69, 9.17) is 9.84 Å². The molecule has 0 aliphatic carbocycles. The molecule has 0 aliphatic heterocycles. The quantitative estimate of drug-likeness (QED) is 0.779. The van der Waals surface area contributed by atoms with Gasteiger partial charge in [0.25, 0.3) is 0 Å². The molecule has 1 N–H and O–H groups in total. The van der Waals surface area contributed by atoms with E-state index in [0.29, 0.717) is 13.0 Å². The average Bonchev–Trinajstić information content (AvgIpc) is 2.14. The Morgan fingerprint density at radius 2 is 1.81 bits per heavy atom. The van der Waals surface area contributed by atoms with Crippen LogP contribution in [0.15, 0.2) is 12.1 Å². The smallest absolute Gasteiger partial charge is 0.303 e. The first-order valence-corrected chi connectivity index (χ1v) is 5.43. The van der Waals surface area contributed by atoms with E-state index in [0.717, 1.165) is 16.9 Å². The van der Waals surface area contributed by atoms with Gasteiger partial charge in [0.1, 0.15) is 5.75 Å². The van der Waals surface area contributed by atoms with Crippen molar-refractivity contribution in [3.8, 4) is 5.75 Å². The molecule has 0 fully saturated rings. The number of aryl methyl sites for hydroxylation is 3. The fourth-order valence-corrected chi connectivity index (χ4v) is 1.79. The minimum absolute atomic E-state index is 0.157. The Balaban J connectivity index is 2.57. The van der Waals surface area contributed by atoms with E-state index in [1.807, 2.05) is 20.8 Å². The second-order valence-electron chi connectivity index (χ2n) is 4.07. The van der Waals surface area contributed by atoms with Crippen molar-refractivity contribution < 1.29 is 14.6 Å². The molecule has 16 heavy (non-hydrogen) atoms. The van der Waals surface area contributed by atoms with Crippen LogP contribution >= 0.6 is 0 Å². The molecule has 0 aliphatic rings. The molecule has 0 saturated carbocycles. The first kappa shape index (κ1) is 12.6. The molecule has 3 heteroatoms. The molecule has 0 radical (unpaired) electrons. The highest BCUT2D eigenvalue weighted by Gasteiger charge is 2.05. The Bertz CT molecular complexity index is 360. The van der Waals surface area contributed by atoms with Crippen molar-refractivity contribution in [2.45, 2.75) is 33.6 Å². The van der Waals surface area contributed by atoms with Gasteiger partial charge in [0.15, 0.2) is 0 Å². The van der Waals surface area contributed by atoms with Gasteiger partial charge < -0.3 is 9.84 Å². The Morgan fingerprint density at radius 1 is 1.25 bits per heavy atom. The van der Waals surface area contributed by atoms with Crippen LogP contribution in [0.1, 0.15) is 29.5 Å². The monoisotopic (exact) mass is 222 g/mol. The van der Waals surface area contributed by atoms with Crippen LogP contribution in [0.2, 0.25) is 0 Å². The lowest BCUT2D eigenvalue weighted by atomic mass is 10.1.